The molecule has 0 radical (unpaired) electrons. The summed E-state index contributed by atoms with van der Waals surface area (Å²) in [7, 11) is 2.06. The molecule has 0 unspecified atom stereocenters. The Kier molecular flexibility index (Phi) is 5.74. The topological polar surface area (TPSA) is 45.5 Å². The summed E-state index contributed by atoms with van der Waals surface area (Å²) < 4.78 is 5.61. The van der Waals surface area contributed by atoms with Crippen LogP contribution in [0.15, 0.2) is 53.1 Å². The highest BCUT2D eigenvalue weighted by Crippen LogP contribution is 2.25. The zero-order valence-corrected chi connectivity index (χ0v) is 15.7. The second kappa shape index (κ2) is 8.19. The van der Waals surface area contributed by atoms with E-state index in [4.69, 9.17) is 4.42 Å². The van der Waals surface area contributed by atoms with Gasteiger partial charge in [-0.1, -0.05) is 30.3 Å². The van der Waals surface area contributed by atoms with Crippen LogP contribution in [0.2, 0.25) is 0 Å². The highest BCUT2D eigenvalue weighted by Gasteiger charge is 2.11. The second-order valence-corrected chi connectivity index (χ2v) is 6.94. The van der Waals surface area contributed by atoms with Gasteiger partial charge in [0.05, 0.1) is 12.7 Å². The van der Waals surface area contributed by atoms with Crippen molar-refractivity contribution in [3.05, 3.63) is 71.0 Å². The van der Waals surface area contributed by atoms with Gasteiger partial charge in [-0.2, -0.15) is 0 Å². The maximum absolute atomic E-state index is 12.3. The molecule has 1 heterocycles. The Morgan fingerprint density at radius 2 is 1.85 bits per heavy atom. The zero-order chi connectivity index (χ0) is 18.5. The summed E-state index contributed by atoms with van der Waals surface area (Å²) in [5.74, 6) is 0.0269. The monoisotopic (exact) mass is 350 g/mol. The first-order valence-electron chi connectivity index (χ1n) is 8.99. The molecule has 0 spiro atoms. The van der Waals surface area contributed by atoms with E-state index in [1.54, 1.807) is 6.26 Å². The van der Waals surface area contributed by atoms with Crippen molar-refractivity contribution in [3.8, 4) is 0 Å². The van der Waals surface area contributed by atoms with E-state index in [0.717, 1.165) is 29.6 Å². The fourth-order valence-electron chi connectivity index (χ4n) is 3.07. The highest BCUT2D eigenvalue weighted by molar-refractivity contribution is 5.88. The molecule has 1 amide bonds. The number of nitrogens with zero attached hydrogens (tertiary/aromatic N) is 1. The Labute approximate surface area is 154 Å². The predicted octanol–water partition coefficient (Wildman–Crippen LogP) is 3.84. The smallest absolute Gasteiger partial charge is 0.224 e. The molecule has 136 valence electrons. The summed E-state index contributed by atoms with van der Waals surface area (Å²) >= 11 is 0. The van der Waals surface area contributed by atoms with Crippen molar-refractivity contribution in [1.82, 2.24) is 10.2 Å². The number of hydrogen-bond donors (Lipinski definition) is 1. The van der Waals surface area contributed by atoms with Crippen LogP contribution in [-0.4, -0.2) is 30.9 Å². The fourth-order valence-corrected chi connectivity index (χ4v) is 3.07. The average Bonchev–Trinajstić information content (AvgIpc) is 2.98. The van der Waals surface area contributed by atoms with Crippen molar-refractivity contribution in [1.29, 1.82) is 0 Å². The number of aryl methyl sites for hydroxylation is 2. The minimum absolute atomic E-state index is 0.0269. The van der Waals surface area contributed by atoms with Crippen LogP contribution < -0.4 is 5.32 Å². The first-order valence-corrected chi connectivity index (χ1v) is 8.99. The zero-order valence-electron chi connectivity index (χ0n) is 15.7. The van der Waals surface area contributed by atoms with Gasteiger partial charge in [0.25, 0.3) is 0 Å². The van der Waals surface area contributed by atoms with E-state index >= 15 is 0 Å². The van der Waals surface area contributed by atoms with Crippen molar-refractivity contribution in [2.75, 3.05) is 20.1 Å². The van der Waals surface area contributed by atoms with Gasteiger partial charge in [0, 0.05) is 30.6 Å². The van der Waals surface area contributed by atoms with Gasteiger partial charge in [0.2, 0.25) is 5.91 Å². The van der Waals surface area contributed by atoms with Crippen LogP contribution in [0, 0.1) is 13.8 Å². The van der Waals surface area contributed by atoms with Gasteiger partial charge >= 0.3 is 0 Å². The third kappa shape index (κ3) is 4.52. The Bertz CT molecular complexity index is 884. The Hall–Kier alpha value is -2.59. The lowest BCUT2D eigenvalue weighted by Crippen LogP contribution is -2.33. The van der Waals surface area contributed by atoms with Crippen molar-refractivity contribution >= 4 is 16.9 Å². The molecule has 4 nitrogen and oxygen atoms in total. The van der Waals surface area contributed by atoms with Crippen molar-refractivity contribution in [2.45, 2.75) is 26.8 Å². The molecule has 0 saturated heterocycles. The van der Waals surface area contributed by atoms with Crippen LogP contribution in [0.4, 0.5) is 0 Å². The van der Waals surface area contributed by atoms with Crippen LogP contribution in [0.25, 0.3) is 11.0 Å². The van der Waals surface area contributed by atoms with Gasteiger partial charge in [-0.25, -0.2) is 0 Å². The van der Waals surface area contributed by atoms with Crippen LogP contribution in [0.5, 0.6) is 0 Å². The number of carbonyl (C=O) groups excluding carboxylic acids is 1. The van der Waals surface area contributed by atoms with Crippen molar-refractivity contribution in [2.24, 2.45) is 0 Å². The summed E-state index contributed by atoms with van der Waals surface area (Å²) in [4.78, 5) is 14.5. The van der Waals surface area contributed by atoms with Gasteiger partial charge in [0.15, 0.2) is 0 Å². The number of benzene rings is 2. The molecule has 0 bridgehead atoms. The number of rotatable bonds is 7. The summed E-state index contributed by atoms with van der Waals surface area (Å²) in [6.07, 6.45) is 2.04. The molecule has 4 heteroatoms. The maximum atomic E-state index is 12.3. The van der Waals surface area contributed by atoms with E-state index in [0.29, 0.717) is 13.0 Å². The molecule has 3 rings (SSSR count). The highest BCUT2D eigenvalue weighted by atomic mass is 16.3. The van der Waals surface area contributed by atoms with E-state index in [2.05, 4.69) is 49.3 Å². The number of nitrogens with one attached hydrogen (secondary N) is 1. The fraction of sp³-hybridized carbons (Fsp3) is 0.318. The molecule has 1 aromatic heterocycles. The molecule has 0 aliphatic heterocycles. The molecule has 1 N–H and O–H groups in total. The maximum Gasteiger partial charge on any atom is 0.224 e. The minimum atomic E-state index is 0.0269. The molecular weight excluding hydrogens is 324 g/mol. The number of hydrogen-bond acceptors (Lipinski definition) is 3. The van der Waals surface area contributed by atoms with Gasteiger partial charge < -0.3 is 14.6 Å². The SMILES string of the molecule is Cc1cc2occ(CC(=O)NCCN(C)Cc3ccccc3)c2cc1C. The van der Waals surface area contributed by atoms with Gasteiger partial charge in [-0.3, -0.25) is 4.79 Å². The molecule has 26 heavy (non-hydrogen) atoms. The van der Waals surface area contributed by atoms with E-state index < -0.39 is 0 Å². The minimum Gasteiger partial charge on any atom is -0.464 e. The van der Waals surface area contributed by atoms with Gasteiger partial charge in [-0.05, 0) is 49.7 Å². The van der Waals surface area contributed by atoms with Crippen molar-refractivity contribution in [3.63, 3.8) is 0 Å². The molecule has 0 fully saturated rings. The lowest BCUT2D eigenvalue weighted by molar-refractivity contribution is -0.120. The summed E-state index contributed by atoms with van der Waals surface area (Å²) in [6, 6.07) is 14.5. The van der Waals surface area contributed by atoms with Crippen LogP contribution in [0.1, 0.15) is 22.3 Å². The number of furan rings is 1. The van der Waals surface area contributed by atoms with E-state index in [-0.39, 0.29) is 5.91 Å². The number of carbonyl (C=O) groups is 1. The summed E-state index contributed by atoms with van der Waals surface area (Å²) in [6.45, 7) is 6.46. The number of likely N-dealkylation sites (N-methyl/N-ethyl adjacent to an activating group) is 1. The van der Waals surface area contributed by atoms with Crippen molar-refractivity contribution < 1.29 is 9.21 Å². The Morgan fingerprint density at radius 3 is 2.62 bits per heavy atom. The summed E-state index contributed by atoms with van der Waals surface area (Å²) in [5.41, 5.74) is 5.47. The first kappa shape index (κ1) is 18.2. The normalized spacial score (nSPS) is 11.2. The third-order valence-electron chi connectivity index (χ3n) is 4.73. The standard InChI is InChI=1S/C22H26N2O2/c1-16-11-20-19(15-26-21(20)12-17(16)2)13-22(25)23-9-10-24(3)14-18-7-5-4-6-8-18/h4-8,11-12,15H,9-10,13-14H2,1-3H3,(H,23,25). The van der Waals surface area contributed by atoms with Crippen LogP contribution in [0.3, 0.4) is 0 Å². The quantitative estimate of drug-likeness (QED) is 0.704. The lowest BCUT2D eigenvalue weighted by Gasteiger charge is -2.17. The van der Waals surface area contributed by atoms with Gasteiger partial charge in [-0.15, -0.1) is 0 Å². The number of fused-ring (bicyclic) bond motifs is 1. The molecule has 0 atom stereocenters. The molecule has 0 saturated carbocycles. The van der Waals surface area contributed by atoms with E-state index in [1.807, 2.05) is 24.3 Å². The first-order chi connectivity index (χ1) is 12.5. The third-order valence-corrected chi connectivity index (χ3v) is 4.73. The molecular formula is C22H26N2O2. The van der Waals surface area contributed by atoms with Crippen LogP contribution in [-0.2, 0) is 17.8 Å². The predicted molar refractivity (Wildman–Crippen MR) is 105 cm³/mol. The molecule has 0 aliphatic rings. The van der Waals surface area contributed by atoms with Crippen LogP contribution >= 0.6 is 0 Å². The lowest BCUT2D eigenvalue weighted by atomic mass is 10.0. The average molecular weight is 350 g/mol. The van der Waals surface area contributed by atoms with E-state index in [1.165, 1.54) is 16.7 Å². The second-order valence-electron chi connectivity index (χ2n) is 6.94. The molecule has 0 aliphatic carbocycles. The largest absolute Gasteiger partial charge is 0.464 e. The summed E-state index contributed by atoms with van der Waals surface area (Å²) in [5, 5.41) is 4.04. The van der Waals surface area contributed by atoms with E-state index in [9.17, 15) is 4.79 Å². The Morgan fingerprint density at radius 1 is 1.12 bits per heavy atom. The molecule has 3 aromatic rings. The molecule has 2 aromatic carbocycles. The van der Waals surface area contributed by atoms with Gasteiger partial charge in [0.1, 0.15) is 5.58 Å². The Balaban J connectivity index is 1.49. The number of amides is 1.